The van der Waals surface area contributed by atoms with Crippen molar-refractivity contribution in [3.05, 3.63) is 81.9 Å². The zero-order chi connectivity index (χ0) is 33.8. The van der Waals surface area contributed by atoms with Gasteiger partial charge in [0.1, 0.15) is 20.2 Å². The second-order valence-electron chi connectivity index (χ2n) is 13.2. The molecule has 0 N–H and O–H groups in total. The Labute approximate surface area is 315 Å². The summed E-state index contributed by atoms with van der Waals surface area (Å²) < 4.78 is 71.1. The summed E-state index contributed by atoms with van der Waals surface area (Å²) in [6, 6.07) is 15.0. The molecule has 0 amide bonds. The van der Waals surface area contributed by atoms with Crippen LogP contribution in [0.2, 0.25) is 0 Å². The van der Waals surface area contributed by atoms with Gasteiger partial charge in [0.25, 0.3) is 0 Å². The molecule has 47 heavy (non-hydrogen) atoms. The van der Waals surface area contributed by atoms with Crippen LogP contribution < -0.4 is 0 Å². The summed E-state index contributed by atoms with van der Waals surface area (Å²) in [6.07, 6.45) is 17.4. The maximum atomic E-state index is 12.3. The summed E-state index contributed by atoms with van der Waals surface area (Å²) in [6.45, 7) is 8.35. The van der Waals surface area contributed by atoms with Gasteiger partial charge in [-0.25, -0.2) is 16.8 Å². The number of hydrogen-bond donors (Lipinski definition) is 0. The van der Waals surface area contributed by atoms with Crippen molar-refractivity contribution >= 4 is 70.1 Å². The van der Waals surface area contributed by atoms with Crippen LogP contribution in [0.5, 0.6) is 0 Å². The molecule has 0 bridgehead atoms. The van der Waals surface area contributed by atoms with Crippen LogP contribution in [0, 0.1) is 0 Å². The second kappa shape index (κ2) is 19.4. The molecule has 0 spiro atoms. The maximum absolute atomic E-state index is 12.3. The first-order valence-corrected chi connectivity index (χ1v) is 20.2. The van der Waals surface area contributed by atoms with Gasteiger partial charge in [-0.1, -0.05) is 151 Å². The number of benzene rings is 2. The van der Waals surface area contributed by atoms with Gasteiger partial charge in [-0.3, -0.25) is 0 Å². The van der Waals surface area contributed by atoms with E-state index in [0.717, 1.165) is 99.3 Å². The van der Waals surface area contributed by atoms with Crippen LogP contribution in [0.25, 0.3) is 12.2 Å². The molecule has 2 aromatic carbocycles. The van der Waals surface area contributed by atoms with E-state index in [9.17, 15) is 25.9 Å². The Kier molecular flexibility index (Phi) is 17.4. The van der Waals surface area contributed by atoms with Crippen molar-refractivity contribution in [2.24, 2.45) is 0 Å². The van der Waals surface area contributed by atoms with Crippen LogP contribution in [0.15, 0.2) is 59.7 Å². The van der Waals surface area contributed by atoms with Gasteiger partial charge in [0.15, 0.2) is 0 Å². The van der Waals surface area contributed by atoms with E-state index in [4.69, 9.17) is 0 Å². The Morgan fingerprint density at radius 2 is 0.894 bits per heavy atom. The van der Waals surface area contributed by atoms with E-state index in [1.54, 1.807) is 0 Å². The van der Waals surface area contributed by atoms with E-state index >= 15 is 0 Å². The van der Waals surface area contributed by atoms with Crippen LogP contribution in [0.3, 0.4) is 0 Å². The van der Waals surface area contributed by atoms with Crippen molar-refractivity contribution in [3.63, 3.8) is 0 Å². The Morgan fingerprint density at radius 1 is 0.553 bits per heavy atom. The first-order chi connectivity index (χ1) is 21.9. The van der Waals surface area contributed by atoms with Crippen LogP contribution >= 0.6 is 0 Å². The SMILES string of the molecule is CCCCCC1=Cc2ccccc2C(CCCC)(S(=O)(=O)[O-])C1.CCCCCC1=Cc2ccccc2C(CCCC)(S(=O)(=O)[O-])C1.[Ca+2]. The summed E-state index contributed by atoms with van der Waals surface area (Å²) in [5.41, 5.74) is 5.41. The van der Waals surface area contributed by atoms with Gasteiger partial charge in [-0.05, 0) is 73.6 Å². The minimum absolute atomic E-state index is 0. The molecule has 0 aliphatic heterocycles. The summed E-state index contributed by atoms with van der Waals surface area (Å²) in [4.78, 5) is 0. The summed E-state index contributed by atoms with van der Waals surface area (Å²) >= 11 is 0. The summed E-state index contributed by atoms with van der Waals surface area (Å²) in [5, 5.41) is 0. The fourth-order valence-electron chi connectivity index (χ4n) is 7.13. The molecule has 0 saturated carbocycles. The van der Waals surface area contributed by atoms with Gasteiger partial charge in [-0.2, -0.15) is 0 Å². The Hall–Kier alpha value is -1.00. The van der Waals surface area contributed by atoms with Gasteiger partial charge in [0, 0.05) is 0 Å². The molecule has 0 fully saturated rings. The molecule has 0 saturated heterocycles. The van der Waals surface area contributed by atoms with E-state index in [-0.39, 0.29) is 37.7 Å². The van der Waals surface area contributed by atoms with Crippen molar-refractivity contribution in [3.8, 4) is 0 Å². The molecule has 256 valence electrons. The van der Waals surface area contributed by atoms with Gasteiger partial charge in [0.2, 0.25) is 0 Å². The first kappa shape index (κ1) is 42.2. The molecule has 9 heteroatoms. The van der Waals surface area contributed by atoms with Crippen molar-refractivity contribution < 1.29 is 25.9 Å². The Balaban J connectivity index is 0.000000320. The average molecular weight is 711 g/mol. The zero-order valence-corrected chi connectivity index (χ0v) is 32.9. The molecule has 0 heterocycles. The van der Waals surface area contributed by atoms with Gasteiger partial charge >= 0.3 is 37.7 Å². The van der Waals surface area contributed by atoms with Gasteiger partial charge in [0.05, 0.1) is 9.49 Å². The van der Waals surface area contributed by atoms with Crippen LogP contribution in [-0.4, -0.2) is 63.7 Å². The first-order valence-electron chi connectivity index (χ1n) is 17.4. The Morgan fingerprint density at radius 3 is 1.21 bits per heavy atom. The predicted octanol–water partition coefficient (Wildman–Crippen LogP) is 9.59. The minimum Gasteiger partial charge on any atom is -0.747 e. The van der Waals surface area contributed by atoms with E-state index < -0.39 is 29.7 Å². The normalized spacial score (nSPS) is 20.5. The molecular weight excluding hydrogens is 657 g/mol. The van der Waals surface area contributed by atoms with Crippen LogP contribution in [0.4, 0.5) is 0 Å². The number of rotatable bonds is 16. The van der Waals surface area contributed by atoms with Crippen molar-refractivity contribution in [1.29, 1.82) is 0 Å². The zero-order valence-electron chi connectivity index (χ0n) is 29.1. The monoisotopic (exact) mass is 710 g/mol. The molecule has 4 rings (SSSR count). The molecular formula is C38H54CaO6S2. The molecule has 2 aliphatic rings. The van der Waals surface area contributed by atoms with E-state index in [1.165, 1.54) is 0 Å². The van der Waals surface area contributed by atoms with Crippen LogP contribution in [0.1, 0.15) is 153 Å². The number of unbranched alkanes of at least 4 members (excludes halogenated alkanes) is 6. The van der Waals surface area contributed by atoms with Crippen molar-refractivity contribution in [2.75, 3.05) is 0 Å². The van der Waals surface area contributed by atoms with Gasteiger partial charge in [-0.15, -0.1) is 0 Å². The number of hydrogen-bond acceptors (Lipinski definition) is 6. The van der Waals surface area contributed by atoms with Crippen molar-refractivity contribution in [1.82, 2.24) is 0 Å². The molecule has 2 aromatic rings. The largest absolute Gasteiger partial charge is 2.00 e. The second-order valence-corrected chi connectivity index (χ2v) is 16.5. The topological polar surface area (TPSA) is 114 Å². The predicted molar refractivity (Wildman–Crippen MR) is 194 cm³/mol. The van der Waals surface area contributed by atoms with Crippen molar-refractivity contribution in [2.45, 2.75) is 140 Å². The fourth-order valence-corrected chi connectivity index (χ4v) is 9.56. The maximum Gasteiger partial charge on any atom is 2.00 e. The molecule has 6 nitrogen and oxygen atoms in total. The molecule has 0 aromatic heterocycles. The van der Waals surface area contributed by atoms with E-state index in [2.05, 4.69) is 26.0 Å². The quantitative estimate of drug-likeness (QED) is 0.0974. The molecule has 0 radical (unpaired) electrons. The van der Waals surface area contributed by atoms with Gasteiger partial charge < -0.3 is 9.11 Å². The molecule has 2 atom stereocenters. The van der Waals surface area contributed by atoms with Crippen LogP contribution in [-0.2, 0) is 29.7 Å². The standard InChI is InChI=1S/2C19H28O3S.Ca/c2*1-3-5-7-10-16-14-17-11-8-9-12-18(17)19(15-16,13-6-4-2)23(20,21)22;/h2*8-9,11-12,14H,3-7,10,13,15H2,1-2H3,(H,20,21,22);/q;;+2/p-2. The number of fused-ring (bicyclic) bond motifs is 2. The number of allylic oxidation sites excluding steroid dienone is 2. The average Bonchev–Trinajstić information content (AvgIpc) is 3.02. The summed E-state index contributed by atoms with van der Waals surface area (Å²) in [5.74, 6) is 0. The third-order valence-corrected chi connectivity index (χ3v) is 12.7. The molecule has 2 unspecified atom stereocenters. The smallest absolute Gasteiger partial charge is 0.747 e. The summed E-state index contributed by atoms with van der Waals surface area (Å²) in [7, 11) is -8.85. The van der Waals surface area contributed by atoms with E-state index in [1.807, 2.05) is 62.4 Å². The third-order valence-electron chi connectivity index (χ3n) is 9.68. The van der Waals surface area contributed by atoms with E-state index in [0.29, 0.717) is 36.8 Å². The third kappa shape index (κ3) is 10.5. The fraction of sp³-hybridized carbons (Fsp3) is 0.579. The minimum atomic E-state index is -4.43. The molecule has 2 aliphatic carbocycles. The Bertz CT molecular complexity index is 1450.